The van der Waals surface area contributed by atoms with E-state index in [0.29, 0.717) is 12.3 Å². The van der Waals surface area contributed by atoms with Gasteiger partial charge in [-0.25, -0.2) is 0 Å². The Hall–Kier alpha value is -1.14. The summed E-state index contributed by atoms with van der Waals surface area (Å²) in [5.41, 5.74) is 6.51. The van der Waals surface area contributed by atoms with Crippen molar-refractivity contribution in [3.63, 3.8) is 0 Å². The van der Waals surface area contributed by atoms with Crippen LogP contribution in [0.2, 0.25) is 0 Å². The van der Waals surface area contributed by atoms with Crippen molar-refractivity contribution in [1.82, 2.24) is 4.98 Å². The lowest BCUT2D eigenvalue weighted by Gasteiger charge is -2.07. The molecule has 0 bridgehead atoms. The second-order valence-corrected chi connectivity index (χ2v) is 4.43. The van der Waals surface area contributed by atoms with Gasteiger partial charge in [-0.2, -0.15) is 0 Å². The van der Waals surface area contributed by atoms with E-state index in [2.05, 4.69) is 27.6 Å². The highest BCUT2D eigenvalue weighted by atomic mass is 127. The molecule has 82 valence electrons. The largest absolute Gasteiger partial charge is 0.455 e. The van der Waals surface area contributed by atoms with Gasteiger partial charge in [-0.15, -0.1) is 0 Å². The van der Waals surface area contributed by atoms with E-state index >= 15 is 0 Å². The summed E-state index contributed by atoms with van der Waals surface area (Å²) in [6, 6.07) is 9.74. The SMILES string of the molecule is NCc1cncc(Oc2ccccc2I)c1. The Morgan fingerprint density at radius 3 is 2.81 bits per heavy atom. The van der Waals surface area contributed by atoms with Gasteiger partial charge in [-0.1, -0.05) is 12.1 Å². The smallest absolute Gasteiger partial charge is 0.146 e. The van der Waals surface area contributed by atoms with Crippen molar-refractivity contribution in [2.75, 3.05) is 0 Å². The highest BCUT2D eigenvalue weighted by molar-refractivity contribution is 14.1. The Balaban J connectivity index is 2.24. The summed E-state index contributed by atoms with van der Waals surface area (Å²) in [6.07, 6.45) is 3.42. The van der Waals surface area contributed by atoms with Crippen LogP contribution in [0.5, 0.6) is 11.5 Å². The minimum Gasteiger partial charge on any atom is -0.455 e. The molecular weight excluding hydrogens is 315 g/mol. The molecule has 2 N–H and O–H groups in total. The van der Waals surface area contributed by atoms with Gasteiger partial charge in [-0.05, 0) is 46.4 Å². The molecule has 0 atom stereocenters. The minimum atomic E-state index is 0.468. The number of hydrogen-bond acceptors (Lipinski definition) is 3. The van der Waals surface area contributed by atoms with E-state index in [0.717, 1.165) is 14.9 Å². The fourth-order valence-corrected chi connectivity index (χ4v) is 1.78. The number of nitrogens with two attached hydrogens (primary N) is 1. The number of benzene rings is 1. The van der Waals surface area contributed by atoms with Crippen LogP contribution >= 0.6 is 22.6 Å². The number of halogens is 1. The molecule has 0 saturated carbocycles. The molecule has 0 radical (unpaired) electrons. The number of hydrogen-bond donors (Lipinski definition) is 1. The van der Waals surface area contributed by atoms with Gasteiger partial charge in [0, 0.05) is 12.7 Å². The van der Waals surface area contributed by atoms with Crippen LogP contribution in [-0.4, -0.2) is 4.98 Å². The van der Waals surface area contributed by atoms with Gasteiger partial charge in [-0.3, -0.25) is 4.98 Å². The molecule has 2 rings (SSSR count). The highest BCUT2D eigenvalue weighted by Gasteiger charge is 2.02. The van der Waals surface area contributed by atoms with Crippen LogP contribution in [0.4, 0.5) is 0 Å². The Morgan fingerprint density at radius 1 is 1.25 bits per heavy atom. The molecule has 16 heavy (non-hydrogen) atoms. The Bertz CT molecular complexity index is 488. The second kappa shape index (κ2) is 5.27. The van der Waals surface area contributed by atoms with Crippen LogP contribution in [0.3, 0.4) is 0 Å². The molecule has 1 aromatic heterocycles. The summed E-state index contributed by atoms with van der Waals surface area (Å²) in [5, 5.41) is 0. The first kappa shape index (κ1) is 11.3. The molecule has 3 nitrogen and oxygen atoms in total. The van der Waals surface area contributed by atoms with Crippen LogP contribution in [-0.2, 0) is 6.54 Å². The summed E-state index contributed by atoms with van der Waals surface area (Å²) in [7, 11) is 0. The van der Waals surface area contributed by atoms with Gasteiger partial charge < -0.3 is 10.5 Å². The normalized spacial score (nSPS) is 10.1. The summed E-state index contributed by atoms with van der Waals surface area (Å²) < 4.78 is 6.79. The van der Waals surface area contributed by atoms with Crippen molar-refractivity contribution in [3.8, 4) is 11.5 Å². The maximum atomic E-state index is 5.73. The molecule has 0 fully saturated rings. The molecular formula is C12H11IN2O. The van der Waals surface area contributed by atoms with E-state index in [1.165, 1.54) is 0 Å². The Kier molecular flexibility index (Phi) is 3.74. The second-order valence-electron chi connectivity index (χ2n) is 3.27. The zero-order valence-corrected chi connectivity index (χ0v) is 10.7. The number of rotatable bonds is 3. The van der Waals surface area contributed by atoms with E-state index < -0.39 is 0 Å². The quantitative estimate of drug-likeness (QED) is 0.883. The van der Waals surface area contributed by atoms with Gasteiger partial charge in [0.2, 0.25) is 0 Å². The maximum Gasteiger partial charge on any atom is 0.146 e. The molecule has 4 heteroatoms. The molecule has 0 unspecified atom stereocenters. The van der Waals surface area contributed by atoms with Crippen LogP contribution in [0.25, 0.3) is 0 Å². The van der Waals surface area contributed by atoms with Crippen LogP contribution in [0.15, 0.2) is 42.7 Å². The lowest BCUT2D eigenvalue weighted by Crippen LogP contribution is -1.97. The van der Waals surface area contributed by atoms with Crippen LogP contribution in [0, 0.1) is 3.57 Å². The zero-order chi connectivity index (χ0) is 11.4. The van der Waals surface area contributed by atoms with E-state index in [1.807, 2.05) is 30.3 Å². The van der Waals surface area contributed by atoms with E-state index in [-0.39, 0.29) is 0 Å². The van der Waals surface area contributed by atoms with Gasteiger partial charge in [0.15, 0.2) is 0 Å². The molecule has 0 aliphatic heterocycles. The van der Waals surface area contributed by atoms with Crippen molar-refractivity contribution < 1.29 is 4.74 Å². The predicted molar refractivity (Wildman–Crippen MR) is 71.4 cm³/mol. The number of aromatic nitrogens is 1. The van der Waals surface area contributed by atoms with E-state index in [9.17, 15) is 0 Å². The molecule has 0 spiro atoms. The van der Waals surface area contributed by atoms with Crippen LogP contribution in [0.1, 0.15) is 5.56 Å². The predicted octanol–water partition coefficient (Wildman–Crippen LogP) is 2.94. The van der Waals surface area contributed by atoms with Gasteiger partial charge in [0.05, 0.1) is 9.77 Å². The van der Waals surface area contributed by atoms with Crippen molar-refractivity contribution in [2.45, 2.75) is 6.54 Å². The van der Waals surface area contributed by atoms with Gasteiger partial charge in [0.1, 0.15) is 11.5 Å². The summed E-state index contributed by atoms with van der Waals surface area (Å²) >= 11 is 2.24. The van der Waals surface area contributed by atoms with Crippen molar-refractivity contribution >= 4 is 22.6 Å². The Morgan fingerprint density at radius 2 is 2.06 bits per heavy atom. The van der Waals surface area contributed by atoms with Crippen molar-refractivity contribution in [2.24, 2.45) is 5.73 Å². The minimum absolute atomic E-state index is 0.468. The maximum absolute atomic E-state index is 5.73. The average molecular weight is 326 g/mol. The fourth-order valence-electron chi connectivity index (χ4n) is 1.29. The summed E-state index contributed by atoms with van der Waals surface area (Å²) in [5.74, 6) is 1.55. The average Bonchev–Trinajstić information content (AvgIpc) is 2.32. The number of nitrogens with zero attached hydrogens (tertiary/aromatic N) is 1. The standard InChI is InChI=1S/C12H11IN2O/c13-11-3-1-2-4-12(11)16-10-5-9(6-14)7-15-8-10/h1-5,7-8H,6,14H2. The molecule has 0 amide bonds. The first-order chi connectivity index (χ1) is 7.79. The number of ether oxygens (including phenoxy) is 1. The van der Waals surface area contributed by atoms with Gasteiger partial charge >= 0.3 is 0 Å². The third-order valence-electron chi connectivity index (χ3n) is 2.07. The topological polar surface area (TPSA) is 48.1 Å². The summed E-state index contributed by atoms with van der Waals surface area (Å²) in [4.78, 5) is 4.07. The van der Waals surface area contributed by atoms with E-state index in [4.69, 9.17) is 10.5 Å². The first-order valence-corrected chi connectivity index (χ1v) is 5.94. The van der Waals surface area contributed by atoms with E-state index in [1.54, 1.807) is 12.4 Å². The third kappa shape index (κ3) is 2.70. The van der Waals surface area contributed by atoms with Crippen LogP contribution < -0.4 is 10.5 Å². The molecule has 0 saturated heterocycles. The van der Waals surface area contributed by atoms with Crippen molar-refractivity contribution in [1.29, 1.82) is 0 Å². The highest BCUT2D eigenvalue weighted by Crippen LogP contribution is 2.26. The molecule has 1 heterocycles. The number of para-hydroxylation sites is 1. The number of pyridine rings is 1. The molecule has 2 aromatic rings. The monoisotopic (exact) mass is 326 g/mol. The van der Waals surface area contributed by atoms with Gasteiger partial charge in [0.25, 0.3) is 0 Å². The van der Waals surface area contributed by atoms with Crippen molar-refractivity contribution in [3.05, 3.63) is 51.9 Å². The summed E-state index contributed by atoms with van der Waals surface area (Å²) in [6.45, 7) is 0.468. The molecule has 0 aliphatic rings. The zero-order valence-electron chi connectivity index (χ0n) is 8.56. The fraction of sp³-hybridized carbons (Fsp3) is 0.0833. The molecule has 1 aromatic carbocycles. The first-order valence-electron chi connectivity index (χ1n) is 4.86. The third-order valence-corrected chi connectivity index (χ3v) is 2.96. The Labute approximate surface area is 108 Å². The lowest BCUT2D eigenvalue weighted by molar-refractivity contribution is 0.476. The lowest BCUT2D eigenvalue weighted by atomic mass is 10.3. The molecule has 0 aliphatic carbocycles.